The van der Waals surface area contributed by atoms with Gasteiger partial charge in [-0.2, -0.15) is 0 Å². The van der Waals surface area contributed by atoms with Crippen molar-refractivity contribution in [3.05, 3.63) is 66.1 Å². The van der Waals surface area contributed by atoms with Gasteiger partial charge in [-0.1, -0.05) is 18.6 Å². The number of carbonyl (C=O) groups excluding carboxylic acids is 2. The summed E-state index contributed by atoms with van der Waals surface area (Å²) in [5.41, 5.74) is 11.2. The molecule has 2 heterocycles. The van der Waals surface area contributed by atoms with Gasteiger partial charge in [0.25, 0.3) is 5.91 Å². The van der Waals surface area contributed by atoms with Crippen molar-refractivity contribution in [1.82, 2.24) is 14.7 Å². The first-order chi connectivity index (χ1) is 16.8. The van der Waals surface area contributed by atoms with E-state index in [-0.39, 0.29) is 23.8 Å². The molecule has 2 atom stereocenters. The average molecular weight is 474 g/mol. The fraction of sp³-hybridized carbons (Fsp3) is 0.333. The quantitative estimate of drug-likeness (QED) is 0.407. The van der Waals surface area contributed by atoms with Crippen molar-refractivity contribution in [2.75, 3.05) is 7.11 Å². The lowest BCUT2D eigenvalue weighted by Gasteiger charge is -2.28. The van der Waals surface area contributed by atoms with Crippen LogP contribution in [-0.4, -0.2) is 40.1 Å². The molecular weight excluding hydrogens is 442 g/mol. The molecule has 1 saturated carbocycles. The lowest BCUT2D eigenvalue weighted by Crippen LogP contribution is -2.40. The maximum Gasteiger partial charge on any atom is 0.308 e. The fourth-order valence-electron chi connectivity index (χ4n) is 4.61. The molecule has 4 rings (SSSR count). The van der Waals surface area contributed by atoms with Crippen LogP contribution in [-0.2, 0) is 9.53 Å². The zero-order chi connectivity index (χ0) is 24.9. The number of carbonyl (C=O) groups is 2. The monoisotopic (exact) mass is 473 g/mol. The molecule has 35 heavy (non-hydrogen) atoms. The van der Waals surface area contributed by atoms with Crippen LogP contribution < -0.4 is 11.1 Å². The number of rotatable bonds is 6. The van der Waals surface area contributed by atoms with Crippen molar-refractivity contribution < 1.29 is 14.3 Å². The highest BCUT2D eigenvalue weighted by Crippen LogP contribution is 2.27. The number of methoxy groups -OCH3 is 1. The molecule has 8 heteroatoms. The Morgan fingerprint density at radius 2 is 2.06 bits per heavy atom. The van der Waals surface area contributed by atoms with Crippen LogP contribution in [0.25, 0.3) is 16.9 Å². The number of ether oxygens (including phenoxy) is 1. The van der Waals surface area contributed by atoms with Crippen LogP contribution in [0.4, 0.5) is 5.69 Å². The van der Waals surface area contributed by atoms with Crippen molar-refractivity contribution in [2.45, 2.75) is 45.6 Å². The minimum Gasteiger partial charge on any atom is -0.469 e. The van der Waals surface area contributed by atoms with Gasteiger partial charge in [-0.25, -0.2) is 4.98 Å². The highest BCUT2D eigenvalue weighted by Gasteiger charge is 2.29. The summed E-state index contributed by atoms with van der Waals surface area (Å²) in [4.78, 5) is 33.9. The minimum atomic E-state index is -0.203. The van der Waals surface area contributed by atoms with Crippen LogP contribution in [0.5, 0.6) is 0 Å². The normalized spacial score (nSPS) is 18.9. The SMILES string of the molecule is COC(=O)C1CCC[C@H](NC(=O)c2ccn3c(-c4cccc(N=C(C)C=C(C)N)c4)cnc3c2)C1. The van der Waals surface area contributed by atoms with Gasteiger partial charge in [0.1, 0.15) is 5.65 Å². The van der Waals surface area contributed by atoms with Gasteiger partial charge in [0.15, 0.2) is 0 Å². The second-order valence-corrected chi connectivity index (χ2v) is 9.04. The van der Waals surface area contributed by atoms with E-state index >= 15 is 0 Å². The van der Waals surface area contributed by atoms with Gasteiger partial charge in [-0.15, -0.1) is 0 Å². The summed E-state index contributed by atoms with van der Waals surface area (Å²) < 4.78 is 6.83. The minimum absolute atomic E-state index is 0.0449. The number of allylic oxidation sites excluding steroid dienone is 2. The molecule has 1 aliphatic rings. The molecule has 1 amide bonds. The summed E-state index contributed by atoms with van der Waals surface area (Å²) in [6, 6.07) is 11.4. The average Bonchev–Trinajstić information content (AvgIpc) is 3.26. The maximum atomic E-state index is 12.9. The summed E-state index contributed by atoms with van der Waals surface area (Å²) in [6.07, 6.45) is 8.62. The Kier molecular flexibility index (Phi) is 7.29. The van der Waals surface area contributed by atoms with E-state index in [0.29, 0.717) is 23.3 Å². The van der Waals surface area contributed by atoms with Crippen molar-refractivity contribution in [3.8, 4) is 11.3 Å². The fourth-order valence-corrected chi connectivity index (χ4v) is 4.61. The number of hydrogen-bond donors (Lipinski definition) is 2. The molecule has 2 aromatic heterocycles. The van der Waals surface area contributed by atoms with Gasteiger partial charge in [0.2, 0.25) is 0 Å². The largest absolute Gasteiger partial charge is 0.469 e. The van der Waals surface area contributed by atoms with E-state index in [1.54, 1.807) is 18.3 Å². The van der Waals surface area contributed by atoms with Crippen molar-refractivity contribution >= 4 is 28.9 Å². The Morgan fingerprint density at radius 3 is 2.83 bits per heavy atom. The summed E-state index contributed by atoms with van der Waals surface area (Å²) in [6.45, 7) is 3.74. The number of aromatic nitrogens is 2. The van der Waals surface area contributed by atoms with Crippen molar-refractivity contribution in [1.29, 1.82) is 0 Å². The van der Waals surface area contributed by atoms with Crippen LogP contribution in [0, 0.1) is 5.92 Å². The Labute approximate surface area is 204 Å². The van der Waals surface area contributed by atoms with Crippen LogP contribution in [0.1, 0.15) is 49.9 Å². The topological polar surface area (TPSA) is 111 Å². The number of esters is 1. The first-order valence-corrected chi connectivity index (χ1v) is 11.8. The lowest BCUT2D eigenvalue weighted by atomic mass is 9.85. The van der Waals surface area contributed by atoms with E-state index in [2.05, 4.69) is 15.3 Å². The van der Waals surface area contributed by atoms with E-state index in [1.807, 2.05) is 54.8 Å². The molecule has 0 spiro atoms. The summed E-state index contributed by atoms with van der Waals surface area (Å²) in [5.74, 6) is -0.524. The van der Waals surface area contributed by atoms with Gasteiger partial charge >= 0.3 is 5.97 Å². The zero-order valence-electron chi connectivity index (χ0n) is 20.3. The summed E-state index contributed by atoms with van der Waals surface area (Å²) >= 11 is 0. The second kappa shape index (κ2) is 10.5. The van der Waals surface area contributed by atoms with Gasteiger partial charge in [-0.05, 0) is 63.5 Å². The predicted molar refractivity (Wildman–Crippen MR) is 137 cm³/mol. The molecule has 1 aromatic carbocycles. The summed E-state index contributed by atoms with van der Waals surface area (Å²) in [5, 5.41) is 3.07. The molecule has 3 N–H and O–H groups in total. The Morgan fingerprint density at radius 1 is 1.23 bits per heavy atom. The molecule has 1 fully saturated rings. The third kappa shape index (κ3) is 5.77. The number of hydrogen-bond acceptors (Lipinski definition) is 6. The number of pyridine rings is 1. The van der Waals surface area contributed by atoms with Gasteiger partial charge in [-0.3, -0.25) is 19.0 Å². The van der Waals surface area contributed by atoms with Crippen LogP contribution >= 0.6 is 0 Å². The number of amides is 1. The van der Waals surface area contributed by atoms with Crippen LogP contribution in [0.15, 0.2) is 65.6 Å². The molecule has 1 unspecified atom stereocenters. The standard InChI is InChI=1S/C27H31N5O3/c1-17(28)12-18(2)30-22-8-4-6-19(13-22)24-16-29-25-15-20(10-11-32(24)25)26(33)31-23-9-5-7-21(14-23)27(34)35-3/h4,6,8,10-13,15-16,21,23H,5,7,9,14,28H2,1-3H3,(H,31,33)/t21?,23-/m0/s1. The molecule has 0 bridgehead atoms. The van der Waals surface area contributed by atoms with Gasteiger partial charge < -0.3 is 15.8 Å². The molecule has 0 aliphatic heterocycles. The molecule has 1 aliphatic carbocycles. The highest BCUT2D eigenvalue weighted by molar-refractivity contribution is 5.96. The second-order valence-electron chi connectivity index (χ2n) is 9.04. The van der Waals surface area contributed by atoms with Crippen LogP contribution in [0.2, 0.25) is 0 Å². The predicted octanol–water partition coefficient (Wildman–Crippen LogP) is 4.42. The van der Waals surface area contributed by atoms with Gasteiger partial charge in [0.05, 0.1) is 30.6 Å². The Bertz CT molecular complexity index is 1300. The van der Waals surface area contributed by atoms with Crippen molar-refractivity contribution in [3.63, 3.8) is 0 Å². The lowest BCUT2D eigenvalue weighted by molar-refractivity contribution is -0.146. The highest BCUT2D eigenvalue weighted by atomic mass is 16.5. The molecule has 8 nitrogen and oxygen atoms in total. The van der Waals surface area contributed by atoms with Gasteiger partial charge in [0, 0.05) is 34.8 Å². The summed E-state index contributed by atoms with van der Waals surface area (Å²) in [7, 11) is 1.41. The maximum absolute atomic E-state index is 12.9. The van der Waals surface area contributed by atoms with E-state index in [4.69, 9.17) is 10.5 Å². The zero-order valence-corrected chi connectivity index (χ0v) is 20.3. The number of benzene rings is 1. The number of nitrogens with one attached hydrogen (secondary N) is 1. The molecule has 0 radical (unpaired) electrons. The van der Waals surface area contributed by atoms with E-state index < -0.39 is 0 Å². The molecular formula is C27H31N5O3. The van der Waals surface area contributed by atoms with E-state index in [0.717, 1.165) is 41.9 Å². The first kappa shape index (κ1) is 24.2. The van der Waals surface area contributed by atoms with E-state index in [1.165, 1.54) is 7.11 Å². The van der Waals surface area contributed by atoms with Crippen LogP contribution in [0.3, 0.4) is 0 Å². The Balaban J connectivity index is 1.52. The number of nitrogens with zero attached hydrogens (tertiary/aromatic N) is 3. The molecule has 3 aromatic rings. The van der Waals surface area contributed by atoms with E-state index in [9.17, 15) is 9.59 Å². The third-order valence-electron chi connectivity index (χ3n) is 6.20. The molecule has 0 saturated heterocycles. The molecule has 182 valence electrons. The van der Waals surface area contributed by atoms with Crippen molar-refractivity contribution in [2.24, 2.45) is 16.6 Å². The number of aliphatic imine (C=N–C) groups is 1. The first-order valence-electron chi connectivity index (χ1n) is 11.8. The smallest absolute Gasteiger partial charge is 0.308 e. The number of imidazole rings is 1. The number of nitrogens with two attached hydrogens (primary N) is 1. The number of fused-ring (bicyclic) bond motifs is 1. The third-order valence-corrected chi connectivity index (χ3v) is 6.20. The Hall–Kier alpha value is -3.94.